The summed E-state index contributed by atoms with van der Waals surface area (Å²) < 4.78 is 7.31. The van der Waals surface area contributed by atoms with Gasteiger partial charge in [0.05, 0.1) is 10.9 Å². The number of nitrogens with zero attached hydrogens (tertiary/aromatic N) is 4. The van der Waals surface area contributed by atoms with Crippen LogP contribution in [-0.4, -0.2) is 36.7 Å². The molecule has 0 atom stereocenters. The van der Waals surface area contributed by atoms with Crippen molar-refractivity contribution in [2.24, 2.45) is 0 Å². The van der Waals surface area contributed by atoms with Gasteiger partial charge in [-0.15, -0.1) is 0 Å². The summed E-state index contributed by atoms with van der Waals surface area (Å²) >= 11 is 0. The third-order valence-corrected chi connectivity index (χ3v) is 5.37. The molecule has 0 saturated heterocycles. The third-order valence-electron chi connectivity index (χ3n) is 5.37. The first-order chi connectivity index (χ1) is 17.5. The molecule has 2 aromatic heterocycles. The van der Waals surface area contributed by atoms with Gasteiger partial charge in [0.1, 0.15) is 35.9 Å². The zero-order valence-electron chi connectivity index (χ0n) is 18.8. The van der Waals surface area contributed by atoms with Crippen LogP contribution in [0.5, 0.6) is 11.5 Å². The number of carboxylic acids is 1. The Morgan fingerprint density at radius 1 is 0.917 bits per heavy atom. The molecule has 0 unspecified atom stereocenters. The van der Waals surface area contributed by atoms with Crippen LogP contribution in [0.25, 0.3) is 22.3 Å². The molecule has 3 aromatic carbocycles. The van der Waals surface area contributed by atoms with Crippen molar-refractivity contribution < 1.29 is 19.4 Å². The number of nitrogen functional groups attached to an aromatic ring is 1. The maximum atomic E-state index is 12.7. The second kappa shape index (κ2) is 9.55. The molecule has 5 aromatic rings. The topological polar surface area (TPSA) is 145 Å². The molecule has 0 radical (unpaired) electrons. The number of nitrogens with one attached hydrogen (secondary N) is 1. The Hall–Kier alpha value is -5.25. The fraction of sp³-hybridized carbons (Fsp3) is 0.0385. The summed E-state index contributed by atoms with van der Waals surface area (Å²) in [5.41, 5.74) is 8.45. The van der Waals surface area contributed by atoms with Crippen molar-refractivity contribution in [2.75, 3.05) is 11.1 Å². The summed E-state index contributed by atoms with van der Waals surface area (Å²) in [6.07, 6.45) is 1.32. The van der Waals surface area contributed by atoms with Crippen LogP contribution in [0, 0.1) is 0 Å². The second-order valence-corrected chi connectivity index (χ2v) is 7.83. The molecule has 0 aliphatic heterocycles. The number of nitrogens with two attached hydrogens (primary N) is 1. The predicted molar refractivity (Wildman–Crippen MR) is 134 cm³/mol. The van der Waals surface area contributed by atoms with E-state index in [2.05, 4.69) is 20.4 Å². The highest BCUT2D eigenvalue weighted by Crippen LogP contribution is 2.32. The Labute approximate surface area is 205 Å². The highest BCUT2D eigenvalue weighted by Gasteiger charge is 2.19. The van der Waals surface area contributed by atoms with Gasteiger partial charge in [0.2, 0.25) is 5.91 Å². The number of amides is 1. The van der Waals surface area contributed by atoms with E-state index in [0.29, 0.717) is 28.2 Å². The monoisotopic (exact) mass is 480 g/mol. The Morgan fingerprint density at radius 3 is 2.31 bits per heavy atom. The van der Waals surface area contributed by atoms with Gasteiger partial charge < -0.3 is 20.9 Å². The van der Waals surface area contributed by atoms with Gasteiger partial charge >= 0.3 is 5.97 Å². The molecular formula is C26H20N6O4. The Bertz CT molecular complexity index is 1550. The number of ether oxygens (including phenoxy) is 1. The minimum atomic E-state index is -1.04. The first-order valence-corrected chi connectivity index (χ1v) is 10.9. The van der Waals surface area contributed by atoms with Gasteiger partial charge in [-0.05, 0) is 60.7 Å². The molecule has 36 heavy (non-hydrogen) atoms. The molecule has 0 fully saturated rings. The third kappa shape index (κ3) is 4.68. The number of para-hydroxylation sites is 1. The van der Waals surface area contributed by atoms with E-state index in [1.807, 2.05) is 54.6 Å². The molecule has 0 saturated carbocycles. The van der Waals surface area contributed by atoms with Gasteiger partial charge in [-0.1, -0.05) is 18.2 Å². The number of aromatic carboxylic acids is 1. The average molecular weight is 480 g/mol. The average Bonchev–Trinajstić information content (AvgIpc) is 3.25. The summed E-state index contributed by atoms with van der Waals surface area (Å²) in [5, 5.41) is 16.9. The van der Waals surface area contributed by atoms with Gasteiger partial charge in [0.15, 0.2) is 5.65 Å². The molecule has 1 amide bonds. The quantitative estimate of drug-likeness (QED) is 0.314. The Morgan fingerprint density at radius 2 is 1.61 bits per heavy atom. The van der Waals surface area contributed by atoms with Crippen LogP contribution in [0.1, 0.15) is 10.4 Å². The Kier molecular flexibility index (Phi) is 5.98. The lowest BCUT2D eigenvalue weighted by atomic mass is 10.1. The normalized spacial score (nSPS) is 10.8. The summed E-state index contributed by atoms with van der Waals surface area (Å²) in [7, 11) is 0. The van der Waals surface area contributed by atoms with Crippen LogP contribution in [0.2, 0.25) is 0 Å². The standard InChI is InChI=1S/C26H20N6O4/c27-24-22-23(16-8-12-20(13-9-16)36-19-4-2-1-3-5-19)31-32(25(22)29-15-28-24)14-21(33)30-18-10-6-17(7-11-18)26(34)35/h1-13,15H,14H2,(H,30,33)(H,34,35)(H2,27,28,29). The number of hydrogen-bond acceptors (Lipinski definition) is 7. The minimum absolute atomic E-state index is 0.128. The maximum Gasteiger partial charge on any atom is 0.335 e. The van der Waals surface area contributed by atoms with Crippen LogP contribution in [0.15, 0.2) is 85.2 Å². The van der Waals surface area contributed by atoms with Gasteiger partial charge in [-0.3, -0.25) is 4.79 Å². The van der Waals surface area contributed by atoms with Crippen molar-refractivity contribution in [1.82, 2.24) is 19.7 Å². The highest BCUT2D eigenvalue weighted by atomic mass is 16.5. The fourth-order valence-electron chi connectivity index (χ4n) is 3.68. The van der Waals surface area contributed by atoms with Gasteiger partial charge in [0, 0.05) is 11.3 Å². The summed E-state index contributed by atoms with van der Waals surface area (Å²) in [6.45, 7) is -0.136. The van der Waals surface area contributed by atoms with E-state index < -0.39 is 5.97 Å². The number of carbonyl (C=O) groups excluding carboxylic acids is 1. The van der Waals surface area contributed by atoms with Crippen LogP contribution >= 0.6 is 0 Å². The van der Waals surface area contributed by atoms with Crippen molar-refractivity contribution >= 4 is 34.4 Å². The van der Waals surface area contributed by atoms with Gasteiger partial charge in [-0.25, -0.2) is 19.4 Å². The molecule has 178 valence electrons. The molecule has 0 spiro atoms. The number of rotatable bonds is 7. The first kappa shape index (κ1) is 22.5. The van der Waals surface area contributed by atoms with E-state index >= 15 is 0 Å². The summed E-state index contributed by atoms with van der Waals surface area (Å²) in [4.78, 5) is 32.1. The largest absolute Gasteiger partial charge is 0.478 e. The van der Waals surface area contributed by atoms with Crippen molar-refractivity contribution in [3.8, 4) is 22.8 Å². The van der Waals surface area contributed by atoms with Gasteiger partial charge in [-0.2, -0.15) is 5.10 Å². The van der Waals surface area contributed by atoms with Crippen molar-refractivity contribution in [2.45, 2.75) is 6.54 Å². The molecule has 10 heteroatoms. The van der Waals surface area contributed by atoms with E-state index in [9.17, 15) is 9.59 Å². The molecule has 5 rings (SSSR count). The zero-order chi connectivity index (χ0) is 25.1. The first-order valence-electron chi connectivity index (χ1n) is 10.9. The van der Waals surface area contributed by atoms with Gasteiger partial charge in [0.25, 0.3) is 0 Å². The summed E-state index contributed by atoms with van der Waals surface area (Å²) in [5.74, 6) is 0.223. The number of benzene rings is 3. The summed E-state index contributed by atoms with van der Waals surface area (Å²) in [6, 6.07) is 22.7. The molecule has 2 heterocycles. The number of anilines is 2. The molecule has 0 bridgehead atoms. The predicted octanol–water partition coefficient (Wildman–Crippen LogP) is 4.20. The molecule has 10 nitrogen and oxygen atoms in total. The lowest BCUT2D eigenvalue weighted by molar-refractivity contribution is -0.116. The molecule has 4 N–H and O–H groups in total. The van der Waals surface area contributed by atoms with Crippen LogP contribution in [-0.2, 0) is 11.3 Å². The van der Waals surface area contributed by atoms with E-state index in [4.69, 9.17) is 15.6 Å². The lowest BCUT2D eigenvalue weighted by Crippen LogP contribution is -2.19. The van der Waals surface area contributed by atoms with Crippen molar-refractivity contribution in [1.29, 1.82) is 0 Å². The van der Waals surface area contributed by atoms with E-state index in [0.717, 1.165) is 11.3 Å². The molecule has 0 aliphatic carbocycles. The number of aromatic nitrogens is 4. The fourth-order valence-corrected chi connectivity index (χ4v) is 3.68. The highest BCUT2D eigenvalue weighted by molar-refractivity contribution is 5.99. The number of carboxylic acid groups (broad SMARTS) is 1. The lowest BCUT2D eigenvalue weighted by Gasteiger charge is -2.06. The van der Waals surface area contributed by atoms with E-state index in [1.165, 1.54) is 35.3 Å². The Balaban J connectivity index is 1.40. The molecular weight excluding hydrogens is 460 g/mol. The minimum Gasteiger partial charge on any atom is -0.478 e. The number of hydrogen-bond donors (Lipinski definition) is 3. The van der Waals surface area contributed by atoms with E-state index in [-0.39, 0.29) is 23.8 Å². The van der Waals surface area contributed by atoms with Crippen LogP contribution < -0.4 is 15.8 Å². The smallest absolute Gasteiger partial charge is 0.335 e. The van der Waals surface area contributed by atoms with Crippen molar-refractivity contribution in [3.05, 3.63) is 90.8 Å². The SMILES string of the molecule is Nc1ncnc2c1c(-c1ccc(Oc3ccccc3)cc1)nn2CC(=O)Nc1ccc(C(=O)O)cc1. The molecule has 0 aliphatic rings. The van der Waals surface area contributed by atoms with Crippen LogP contribution in [0.4, 0.5) is 11.5 Å². The number of fused-ring (bicyclic) bond motifs is 1. The van der Waals surface area contributed by atoms with Crippen LogP contribution in [0.3, 0.4) is 0 Å². The zero-order valence-corrected chi connectivity index (χ0v) is 18.8. The van der Waals surface area contributed by atoms with E-state index in [1.54, 1.807) is 0 Å². The number of carbonyl (C=O) groups is 2. The maximum absolute atomic E-state index is 12.7. The second-order valence-electron chi connectivity index (χ2n) is 7.83. The van der Waals surface area contributed by atoms with Crippen molar-refractivity contribution in [3.63, 3.8) is 0 Å².